The number of sulfonamides is 1. The van der Waals surface area contributed by atoms with Gasteiger partial charge in [-0.05, 0) is 17.9 Å². The molecule has 0 spiro atoms. The van der Waals surface area contributed by atoms with Gasteiger partial charge in [-0.3, -0.25) is 4.79 Å². The van der Waals surface area contributed by atoms with Crippen molar-refractivity contribution in [2.24, 2.45) is 17.6 Å². The van der Waals surface area contributed by atoms with Crippen LogP contribution < -0.4 is 10.5 Å². The molecule has 1 heterocycles. The van der Waals surface area contributed by atoms with Gasteiger partial charge in [-0.2, -0.15) is 0 Å². The molecule has 0 bridgehead atoms. The summed E-state index contributed by atoms with van der Waals surface area (Å²) in [4.78, 5) is 11.9. The van der Waals surface area contributed by atoms with E-state index in [4.69, 9.17) is 5.14 Å². The Balaban J connectivity index is 2.87. The van der Waals surface area contributed by atoms with Crippen LogP contribution in [-0.2, 0) is 17.1 Å². The Hall–Kier alpha value is -1.34. The predicted molar refractivity (Wildman–Crippen MR) is 73.2 cm³/mol. The zero-order chi connectivity index (χ0) is 14.8. The van der Waals surface area contributed by atoms with Gasteiger partial charge < -0.3 is 9.88 Å². The van der Waals surface area contributed by atoms with Gasteiger partial charge in [0.25, 0.3) is 5.91 Å². The van der Waals surface area contributed by atoms with Crippen LogP contribution in [0.5, 0.6) is 0 Å². The zero-order valence-corrected chi connectivity index (χ0v) is 12.5. The highest BCUT2D eigenvalue weighted by Gasteiger charge is 2.20. The summed E-state index contributed by atoms with van der Waals surface area (Å²) in [5.41, 5.74) is 0.278. The monoisotopic (exact) mass is 287 g/mol. The van der Waals surface area contributed by atoms with Crippen LogP contribution in [0.2, 0.25) is 0 Å². The summed E-state index contributed by atoms with van der Waals surface area (Å²) in [5.74, 6) is -0.307. The van der Waals surface area contributed by atoms with Crippen molar-refractivity contribution in [2.75, 3.05) is 6.54 Å². The third kappa shape index (κ3) is 4.07. The fourth-order valence-electron chi connectivity index (χ4n) is 1.45. The van der Waals surface area contributed by atoms with E-state index in [2.05, 4.69) is 5.32 Å². The van der Waals surface area contributed by atoms with Crippen molar-refractivity contribution in [2.45, 2.75) is 32.1 Å². The molecule has 19 heavy (non-hydrogen) atoms. The van der Waals surface area contributed by atoms with E-state index in [1.54, 1.807) is 7.05 Å². The number of nitrogens with two attached hydrogens (primary N) is 1. The Morgan fingerprint density at radius 2 is 2.05 bits per heavy atom. The largest absolute Gasteiger partial charge is 0.350 e. The number of aryl methyl sites for hydroxylation is 1. The van der Waals surface area contributed by atoms with Crippen molar-refractivity contribution >= 4 is 15.9 Å². The van der Waals surface area contributed by atoms with Crippen LogP contribution in [0.15, 0.2) is 17.2 Å². The number of rotatable bonds is 5. The fraction of sp³-hybridized carbons (Fsp3) is 0.583. The number of amides is 1. The SMILES string of the molecule is CCC(C)(C)CNC(=O)c1cc(S(N)(=O)=O)cn1C. The highest BCUT2D eigenvalue weighted by molar-refractivity contribution is 7.89. The molecule has 1 amide bonds. The van der Waals surface area contributed by atoms with Crippen LogP contribution in [0.1, 0.15) is 37.7 Å². The Labute approximate surface area is 114 Å². The van der Waals surface area contributed by atoms with Crippen molar-refractivity contribution in [3.05, 3.63) is 18.0 Å². The fourth-order valence-corrected chi connectivity index (χ4v) is 2.03. The third-order valence-electron chi connectivity index (χ3n) is 3.23. The third-order valence-corrected chi connectivity index (χ3v) is 4.11. The molecule has 0 saturated carbocycles. The van der Waals surface area contributed by atoms with Gasteiger partial charge in [0.1, 0.15) is 10.6 Å². The molecule has 0 unspecified atom stereocenters. The van der Waals surface area contributed by atoms with Gasteiger partial charge in [0.05, 0.1) is 0 Å². The highest BCUT2D eigenvalue weighted by atomic mass is 32.2. The second kappa shape index (κ2) is 5.34. The van der Waals surface area contributed by atoms with Gasteiger partial charge in [-0.25, -0.2) is 13.6 Å². The predicted octanol–water partition coefficient (Wildman–Crippen LogP) is 0.839. The van der Waals surface area contributed by atoms with Crippen LogP contribution in [0.25, 0.3) is 0 Å². The molecule has 1 aromatic rings. The number of nitrogens with one attached hydrogen (secondary N) is 1. The van der Waals surface area contributed by atoms with E-state index in [1.165, 1.54) is 16.8 Å². The molecule has 0 atom stereocenters. The van der Waals surface area contributed by atoms with E-state index >= 15 is 0 Å². The summed E-state index contributed by atoms with van der Waals surface area (Å²) < 4.78 is 23.9. The smallest absolute Gasteiger partial charge is 0.267 e. The Kier molecular flexibility index (Phi) is 4.42. The Morgan fingerprint density at radius 1 is 1.47 bits per heavy atom. The maximum atomic E-state index is 12.0. The molecule has 0 radical (unpaired) electrons. The van der Waals surface area contributed by atoms with Gasteiger partial charge in [0, 0.05) is 19.8 Å². The lowest BCUT2D eigenvalue weighted by atomic mass is 9.90. The molecular weight excluding hydrogens is 266 g/mol. The zero-order valence-electron chi connectivity index (χ0n) is 11.7. The van der Waals surface area contributed by atoms with Gasteiger partial charge in [-0.15, -0.1) is 0 Å². The van der Waals surface area contributed by atoms with Crippen LogP contribution in [0.3, 0.4) is 0 Å². The molecule has 3 N–H and O–H groups in total. The van der Waals surface area contributed by atoms with Gasteiger partial charge in [-0.1, -0.05) is 20.8 Å². The topological polar surface area (TPSA) is 94.2 Å². The van der Waals surface area contributed by atoms with E-state index in [-0.39, 0.29) is 21.9 Å². The lowest BCUT2D eigenvalue weighted by molar-refractivity contribution is 0.0927. The van der Waals surface area contributed by atoms with Crippen molar-refractivity contribution in [3.8, 4) is 0 Å². The average molecular weight is 287 g/mol. The highest BCUT2D eigenvalue weighted by Crippen LogP contribution is 2.18. The summed E-state index contributed by atoms with van der Waals surface area (Å²) in [6.45, 7) is 6.67. The Bertz CT molecular complexity index is 573. The molecule has 108 valence electrons. The van der Waals surface area contributed by atoms with E-state index in [9.17, 15) is 13.2 Å². The van der Waals surface area contributed by atoms with E-state index in [1.807, 2.05) is 20.8 Å². The Morgan fingerprint density at radius 3 is 2.47 bits per heavy atom. The van der Waals surface area contributed by atoms with E-state index in [0.29, 0.717) is 6.54 Å². The van der Waals surface area contributed by atoms with Gasteiger partial charge >= 0.3 is 0 Å². The second-order valence-electron chi connectivity index (χ2n) is 5.42. The van der Waals surface area contributed by atoms with Crippen LogP contribution in [-0.4, -0.2) is 25.4 Å². The minimum absolute atomic E-state index is 0.00357. The normalized spacial score (nSPS) is 12.5. The maximum Gasteiger partial charge on any atom is 0.267 e. The first-order valence-electron chi connectivity index (χ1n) is 6.04. The standard InChI is InChI=1S/C12H21N3O3S/c1-5-12(2,3)8-14-11(16)10-6-9(7-15(10)4)19(13,17)18/h6-7H,5,8H2,1-4H3,(H,14,16)(H2,13,17,18). The average Bonchev–Trinajstić information content (AvgIpc) is 2.68. The number of hydrogen-bond acceptors (Lipinski definition) is 3. The molecule has 0 aliphatic heterocycles. The molecule has 1 aromatic heterocycles. The minimum Gasteiger partial charge on any atom is -0.350 e. The first kappa shape index (κ1) is 15.7. The molecule has 0 saturated heterocycles. The number of carbonyl (C=O) groups is 1. The summed E-state index contributed by atoms with van der Waals surface area (Å²) in [6, 6.07) is 1.28. The van der Waals surface area contributed by atoms with Crippen LogP contribution in [0.4, 0.5) is 0 Å². The lowest BCUT2D eigenvalue weighted by Crippen LogP contribution is -2.34. The number of aromatic nitrogens is 1. The number of primary sulfonamides is 1. The second-order valence-corrected chi connectivity index (χ2v) is 6.98. The number of nitrogens with zero attached hydrogens (tertiary/aromatic N) is 1. The quantitative estimate of drug-likeness (QED) is 0.840. The van der Waals surface area contributed by atoms with Crippen molar-refractivity contribution in [1.29, 1.82) is 0 Å². The van der Waals surface area contributed by atoms with Crippen LogP contribution >= 0.6 is 0 Å². The van der Waals surface area contributed by atoms with Gasteiger partial charge in [0.15, 0.2) is 0 Å². The molecule has 0 aromatic carbocycles. The molecule has 0 aliphatic rings. The molecular formula is C12H21N3O3S. The minimum atomic E-state index is -3.79. The van der Waals surface area contributed by atoms with Crippen molar-refractivity contribution in [3.63, 3.8) is 0 Å². The molecule has 0 aliphatic carbocycles. The number of hydrogen-bond donors (Lipinski definition) is 2. The van der Waals surface area contributed by atoms with E-state index < -0.39 is 10.0 Å². The summed E-state index contributed by atoms with van der Waals surface area (Å²) in [5, 5.41) is 7.83. The van der Waals surface area contributed by atoms with Gasteiger partial charge in [0.2, 0.25) is 10.0 Å². The molecule has 0 fully saturated rings. The van der Waals surface area contributed by atoms with E-state index in [0.717, 1.165) is 6.42 Å². The summed E-state index contributed by atoms with van der Waals surface area (Å²) >= 11 is 0. The first-order valence-corrected chi connectivity index (χ1v) is 7.59. The summed E-state index contributed by atoms with van der Waals surface area (Å²) in [7, 11) is -2.18. The first-order chi connectivity index (χ1) is 8.57. The maximum absolute atomic E-state index is 12.0. The van der Waals surface area contributed by atoms with Crippen molar-refractivity contribution < 1.29 is 13.2 Å². The lowest BCUT2D eigenvalue weighted by Gasteiger charge is -2.22. The summed E-state index contributed by atoms with van der Waals surface area (Å²) in [6.07, 6.45) is 2.26. The molecule has 1 rings (SSSR count). The molecule has 6 nitrogen and oxygen atoms in total. The molecule has 7 heteroatoms. The number of carbonyl (C=O) groups excluding carboxylic acids is 1. The van der Waals surface area contributed by atoms with Crippen LogP contribution in [0, 0.1) is 5.41 Å². The van der Waals surface area contributed by atoms with Crippen molar-refractivity contribution in [1.82, 2.24) is 9.88 Å².